The minimum atomic E-state index is -0.163. The number of rotatable bonds is 5. The monoisotopic (exact) mass is 1010 g/mol. The van der Waals surface area contributed by atoms with Crippen molar-refractivity contribution in [3.05, 3.63) is 138 Å². The molecule has 0 radical (unpaired) electrons. The van der Waals surface area contributed by atoms with Gasteiger partial charge in [-0.1, -0.05) is 148 Å². The van der Waals surface area contributed by atoms with E-state index in [-0.39, 0.29) is 53.6 Å². The number of ether oxygens (including phenoxy) is 1. The van der Waals surface area contributed by atoms with Gasteiger partial charge in [0.25, 0.3) is 0 Å². The van der Waals surface area contributed by atoms with Crippen LogP contribution in [0.15, 0.2) is 90.9 Å². The van der Waals surface area contributed by atoms with Crippen LogP contribution in [0.4, 0.5) is 11.4 Å². The summed E-state index contributed by atoms with van der Waals surface area (Å²) in [6.07, 6.45) is 4.22. The van der Waals surface area contributed by atoms with Gasteiger partial charge in [0.1, 0.15) is 5.82 Å². The van der Waals surface area contributed by atoms with Crippen molar-refractivity contribution in [3.63, 3.8) is 0 Å². The van der Waals surface area contributed by atoms with Gasteiger partial charge in [0.15, 0.2) is 0 Å². The zero-order valence-electron chi connectivity index (χ0n) is 40.7. The molecule has 3 heterocycles. The van der Waals surface area contributed by atoms with Gasteiger partial charge in [-0.05, 0) is 91.2 Å². The van der Waals surface area contributed by atoms with E-state index in [0.717, 1.165) is 44.6 Å². The van der Waals surface area contributed by atoms with Gasteiger partial charge < -0.3 is 19.1 Å². The molecule has 332 valence electrons. The van der Waals surface area contributed by atoms with E-state index in [4.69, 9.17) is 9.72 Å². The molecular weight excluding hydrogens is 940 g/mol. The molecule has 0 N–H and O–H groups in total. The molecule has 2 aromatic heterocycles. The maximum atomic E-state index is 6.89. The molecule has 5 nitrogen and oxygen atoms in total. The smallest absolute Gasteiger partial charge is 0.135 e. The van der Waals surface area contributed by atoms with Gasteiger partial charge in [-0.3, -0.25) is 0 Å². The molecule has 0 unspecified atom stereocenters. The summed E-state index contributed by atoms with van der Waals surface area (Å²) in [6.45, 7) is 43.1. The first-order chi connectivity index (χ1) is 28.0. The third-order valence-electron chi connectivity index (χ3n) is 12.0. The number of aromatic nitrogens is 2. The molecule has 0 saturated carbocycles. The summed E-state index contributed by atoms with van der Waals surface area (Å²) in [5.74, 6) is 2.14. The van der Waals surface area contributed by atoms with Crippen LogP contribution in [0.3, 0.4) is 0 Å². The molecule has 6 aromatic rings. The van der Waals surface area contributed by atoms with Gasteiger partial charge in [-0.2, -0.15) is 6.07 Å². The zero-order chi connectivity index (χ0) is 44.8. The van der Waals surface area contributed by atoms with Crippen LogP contribution in [0.5, 0.6) is 11.5 Å². The van der Waals surface area contributed by atoms with E-state index in [0.29, 0.717) is 11.5 Å². The second kappa shape index (κ2) is 16.0. The Bertz CT molecular complexity index is 2630. The van der Waals surface area contributed by atoms with Crippen molar-refractivity contribution < 1.29 is 25.8 Å². The molecule has 7 rings (SSSR count). The van der Waals surface area contributed by atoms with Crippen molar-refractivity contribution in [2.45, 2.75) is 152 Å². The number of hydrogen-bond acceptors (Lipinski definition) is 4. The molecule has 1 aliphatic rings. The Balaban J connectivity index is 0.00000641. The molecule has 4 aromatic carbocycles. The van der Waals surface area contributed by atoms with Gasteiger partial charge >= 0.3 is 0 Å². The minimum absolute atomic E-state index is 0. The van der Waals surface area contributed by atoms with Crippen molar-refractivity contribution in [1.29, 1.82) is 0 Å². The maximum absolute atomic E-state index is 6.89. The molecule has 0 saturated heterocycles. The summed E-state index contributed by atoms with van der Waals surface area (Å²) in [4.78, 5) is 9.55. The fraction of sp³-hybridized carbons (Fsp3) is 0.429. The van der Waals surface area contributed by atoms with Gasteiger partial charge in [0.2, 0.25) is 0 Å². The Hall–Kier alpha value is -4.34. The number of pyridine rings is 1. The number of anilines is 2. The summed E-state index contributed by atoms with van der Waals surface area (Å²) < 4.78 is 9.15. The molecule has 0 fully saturated rings. The Morgan fingerprint density at radius 1 is 0.516 bits per heavy atom. The quantitative estimate of drug-likeness (QED) is 0.161. The van der Waals surface area contributed by atoms with Gasteiger partial charge in [-0.15, -0.1) is 53.6 Å². The van der Waals surface area contributed by atoms with E-state index in [9.17, 15) is 0 Å². The number of hydrogen-bond donors (Lipinski definition) is 0. The summed E-state index contributed by atoms with van der Waals surface area (Å²) >= 11 is 0. The molecule has 0 spiro atoms. The van der Waals surface area contributed by atoms with Gasteiger partial charge in [0, 0.05) is 61.1 Å². The first-order valence-electron chi connectivity index (χ1n) is 22.0. The molecule has 0 amide bonds. The van der Waals surface area contributed by atoms with Crippen molar-refractivity contribution in [3.8, 4) is 17.3 Å². The summed E-state index contributed by atoms with van der Waals surface area (Å²) in [7, 11) is 0. The predicted molar refractivity (Wildman–Crippen MR) is 260 cm³/mol. The van der Waals surface area contributed by atoms with Crippen molar-refractivity contribution >= 4 is 33.2 Å². The number of nitrogens with zero attached hydrogens (tertiary/aromatic N) is 4. The second-order valence-corrected chi connectivity index (χ2v) is 23.5. The molecule has 62 heavy (non-hydrogen) atoms. The maximum Gasteiger partial charge on any atom is 0.135 e. The average molecular weight is 1010 g/mol. The van der Waals surface area contributed by atoms with Crippen LogP contribution in [-0.2, 0) is 48.1 Å². The van der Waals surface area contributed by atoms with E-state index in [1.54, 1.807) is 0 Å². The molecule has 0 bridgehead atoms. The van der Waals surface area contributed by atoms with Crippen LogP contribution in [0.25, 0.3) is 27.6 Å². The second-order valence-electron chi connectivity index (χ2n) is 23.5. The first-order valence-corrected chi connectivity index (χ1v) is 22.0. The predicted octanol–water partition coefficient (Wildman–Crippen LogP) is 15.4. The molecule has 0 aliphatic carbocycles. The van der Waals surface area contributed by atoms with Crippen LogP contribution in [0.1, 0.15) is 152 Å². The summed E-state index contributed by atoms with van der Waals surface area (Å²) in [6, 6.07) is 34.3. The SMILES string of the molecule is CC(C)(C)C1=CN(c2cc(C(C)(C)C)cc(C(C)(C)C)c2)[CH-]N1c1[c-]c(Oc2[c-]c3c(cc2)c2ccc(C(C)(C)C)cc2n3-c2cc(C(C)(C)C)ccn2)cc(C(C)(C)C)c1.[Pt]. The fourth-order valence-corrected chi connectivity index (χ4v) is 7.89. The van der Waals surface area contributed by atoms with Crippen LogP contribution in [0.2, 0.25) is 0 Å². The Morgan fingerprint density at radius 3 is 1.63 bits per heavy atom. The normalized spacial score (nSPS) is 14.5. The van der Waals surface area contributed by atoms with Crippen molar-refractivity contribution in [2.24, 2.45) is 5.41 Å². The minimum Gasteiger partial charge on any atom is -0.509 e. The summed E-state index contributed by atoms with van der Waals surface area (Å²) in [5.41, 5.74) is 11.2. The van der Waals surface area contributed by atoms with Gasteiger partial charge in [0.05, 0.1) is 0 Å². The van der Waals surface area contributed by atoms with E-state index in [1.807, 2.05) is 12.3 Å². The van der Waals surface area contributed by atoms with Crippen LogP contribution in [-0.4, -0.2) is 9.55 Å². The Kier molecular flexibility index (Phi) is 12.2. The third kappa shape index (κ3) is 9.59. The number of benzene rings is 4. The van der Waals surface area contributed by atoms with Crippen LogP contribution >= 0.6 is 0 Å². The topological polar surface area (TPSA) is 33.5 Å². The van der Waals surface area contributed by atoms with Gasteiger partial charge in [-0.25, -0.2) is 4.98 Å². The zero-order valence-corrected chi connectivity index (χ0v) is 42.9. The third-order valence-corrected chi connectivity index (χ3v) is 12.0. The van der Waals surface area contributed by atoms with E-state index < -0.39 is 0 Å². The average Bonchev–Trinajstić information content (AvgIpc) is 3.73. The number of allylic oxidation sites excluding steroid dienone is 1. The van der Waals surface area contributed by atoms with Crippen molar-refractivity contribution in [1.82, 2.24) is 9.55 Å². The van der Waals surface area contributed by atoms with Crippen LogP contribution in [0, 0.1) is 24.2 Å². The Morgan fingerprint density at radius 2 is 1.06 bits per heavy atom. The molecule has 0 atom stereocenters. The number of fused-ring (bicyclic) bond motifs is 3. The molecular formula is C56H69N4OPt-3. The fourth-order valence-electron chi connectivity index (χ4n) is 7.89. The van der Waals surface area contributed by atoms with Crippen molar-refractivity contribution in [2.75, 3.05) is 9.80 Å². The van der Waals surface area contributed by atoms with E-state index in [2.05, 4.69) is 231 Å². The van der Waals surface area contributed by atoms with E-state index >= 15 is 0 Å². The summed E-state index contributed by atoms with van der Waals surface area (Å²) in [5, 5.41) is 2.27. The van der Waals surface area contributed by atoms with Crippen LogP contribution < -0.4 is 14.5 Å². The molecule has 6 heteroatoms. The Labute approximate surface area is 388 Å². The molecule has 1 aliphatic heterocycles. The largest absolute Gasteiger partial charge is 0.509 e. The first kappa shape index (κ1) is 47.1. The van der Waals surface area contributed by atoms with E-state index in [1.165, 1.54) is 28.0 Å². The standard InChI is InChI=1S/C56H69N4O.Pt/c1-51(2,3)36-19-21-45-46-22-20-43(33-48(46)60(47(45)30-36)50-31-37(23-24-57-50)52(4,5)6)61-44-29-40(55(13,14)15)28-42(32-44)59-35-58(34-49(59)56(16,17)18)41-26-38(53(7,8)9)25-39(27-41)54(10,11)12;/h19-31,34-35H,1-18H3;/q-3;.